The van der Waals surface area contributed by atoms with Crippen LogP contribution in [0.4, 0.5) is 10.2 Å². The first-order valence-electron chi connectivity index (χ1n) is 9.42. The average Bonchev–Trinajstić information content (AvgIpc) is 3.14. The molecule has 4 aromatic rings. The van der Waals surface area contributed by atoms with E-state index >= 15 is 0 Å². The van der Waals surface area contributed by atoms with Crippen LogP contribution in [-0.2, 0) is 0 Å². The first-order chi connectivity index (χ1) is 14.6. The van der Waals surface area contributed by atoms with Crippen LogP contribution in [0.3, 0.4) is 0 Å². The van der Waals surface area contributed by atoms with E-state index in [-0.39, 0.29) is 11.6 Å². The van der Waals surface area contributed by atoms with Crippen LogP contribution < -0.4 is 10.5 Å². The molecule has 0 saturated heterocycles. The first kappa shape index (κ1) is 19.3. The number of halogens is 1. The van der Waals surface area contributed by atoms with Crippen LogP contribution in [0.25, 0.3) is 28.2 Å². The fraction of sp³-hybridized carbons (Fsp3) is 0.182. The van der Waals surface area contributed by atoms with E-state index in [1.807, 2.05) is 13.0 Å². The van der Waals surface area contributed by atoms with Crippen molar-refractivity contribution in [3.05, 3.63) is 54.2 Å². The van der Waals surface area contributed by atoms with Crippen LogP contribution in [0, 0.1) is 17.7 Å². The lowest BCUT2D eigenvalue weighted by Crippen LogP contribution is -2.03. The van der Waals surface area contributed by atoms with Gasteiger partial charge in [0.25, 0.3) is 0 Å². The second-order valence-electron chi connectivity index (χ2n) is 6.50. The minimum atomic E-state index is -0.371. The monoisotopic (exact) mass is 402 g/mol. The molecular formula is C22H19FN6O. The molecule has 0 radical (unpaired) electrons. The maximum Gasteiger partial charge on any atom is 0.213 e. The van der Waals surface area contributed by atoms with Gasteiger partial charge in [-0.3, -0.25) is 4.57 Å². The summed E-state index contributed by atoms with van der Waals surface area (Å²) in [5, 5.41) is 0. The Morgan fingerprint density at radius 2 is 2.03 bits per heavy atom. The zero-order valence-corrected chi connectivity index (χ0v) is 16.6. The number of nitrogens with two attached hydrogens (primary N) is 1. The molecule has 0 unspecified atom stereocenters. The van der Waals surface area contributed by atoms with E-state index in [0.717, 1.165) is 12.8 Å². The van der Waals surface area contributed by atoms with E-state index in [1.54, 1.807) is 36.1 Å². The van der Waals surface area contributed by atoms with Crippen molar-refractivity contribution in [2.75, 3.05) is 12.8 Å². The largest absolute Gasteiger partial charge is 0.481 e. The highest BCUT2D eigenvalue weighted by molar-refractivity contribution is 5.87. The van der Waals surface area contributed by atoms with Gasteiger partial charge in [-0.15, -0.1) is 0 Å². The van der Waals surface area contributed by atoms with Crippen LogP contribution in [0.1, 0.15) is 25.6 Å². The van der Waals surface area contributed by atoms with Gasteiger partial charge in [-0.1, -0.05) is 25.0 Å². The van der Waals surface area contributed by atoms with E-state index in [2.05, 4.69) is 31.8 Å². The number of hydrogen-bond acceptors (Lipinski definition) is 6. The number of hydrogen-bond donors (Lipinski definition) is 1. The molecule has 0 fully saturated rings. The molecule has 0 amide bonds. The smallest absolute Gasteiger partial charge is 0.213 e. The van der Waals surface area contributed by atoms with Gasteiger partial charge in [0.05, 0.1) is 19.0 Å². The van der Waals surface area contributed by atoms with Crippen molar-refractivity contribution >= 4 is 17.0 Å². The Morgan fingerprint density at radius 3 is 2.73 bits per heavy atom. The van der Waals surface area contributed by atoms with E-state index < -0.39 is 0 Å². The maximum atomic E-state index is 13.9. The van der Waals surface area contributed by atoms with Gasteiger partial charge in [-0.25, -0.2) is 24.3 Å². The molecule has 3 heterocycles. The van der Waals surface area contributed by atoms with Crippen LogP contribution in [-0.4, -0.2) is 31.6 Å². The highest BCUT2D eigenvalue weighted by atomic mass is 19.1. The van der Waals surface area contributed by atoms with Crippen LogP contribution >= 0.6 is 0 Å². The third kappa shape index (κ3) is 3.65. The van der Waals surface area contributed by atoms with E-state index in [1.165, 1.54) is 12.1 Å². The Balaban J connectivity index is 2.00. The Morgan fingerprint density at radius 1 is 1.17 bits per heavy atom. The number of benzene rings is 1. The number of imidazole rings is 1. The molecule has 2 N–H and O–H groups in total. The van der Waals surface area contributed by atoms with Crippen molar-refractivity contribution in [1.82, 2.24) is 24.5 Å². The summed E-state index contributed by atoms with van der Waals surface area (Å²) in [6.07, 6.45) is 3.30. The Labute approximate surface area is 172 Å². The van der Waals surface area contributed by atoms with Gasteiger partial charge in [0.15, 0.2) is 17.0 Å². The molecule has 30 heavy (non-hydrogen) atoms. The highest BCUT2D eigenvalue weighted by Crippen LogP contribution is 2.30. The fourth-order valence-corrected chi connectivity index (χ4v) is 2.99. The van der Waals surface area contributed by atoms with Crippen LogP contribution in [0.2, 0.25) is 0 Å². The lowest BCUT2D eigenvalue weighted by Gasteiger charge is -2.09. The van der Waals surface area contributed by atoms with Crippen LogP contribution in [0.5, 0.6) is 5.88 Å². The number of fused-ring (bicyclic) bond motifs is 1. The fourth-order valence-electron chi connectivity index (χ4n) is 2.99. The van der Waals surface area contributed by atoms with Crippen molar-refractivity contribution in [2.45, 2.75) is 19.8 Å². The topological polar surface area (TPSA) is 91.7 Å². The Hall–Kier alpha value is -3.99. The normalized spacial score (nSPS) is 10.6. The molecule has 8 heteroatoms. The number of methoxy groups -OCH3 is 1. The molecule has 0 aliphatic rings. The number of anilines is 1. The van der Waals surface area contributed by atoms with Gasteiger partial charge in [-0.05, 0) is 30.5 Å². The molecule has 0 spiro atoms. The summed E-state index contributed by atoms with van der Waals surface area (Å²) < 4.78 is 20.8. The minimum Gasteiger partial charge on any atom is -0.481 e. The molecule has 0 aliphatic heterocycles. The number of nitrogen functional groups attached to an aromatic ring is 1. The molecule has 150 valence electrons. The number of pyridine rings is 1. The Kier molecular flexibility index (Phi) is 5.26. The quantitative estimate of drug-likeness (QED) is 0.523. The zero-order chi connectivity index (χ0) is 21.1. The summed E-state index contributed by atoms with van der Waals surface area (Å²) in [5.74, 6) is 7.05. The molecule has 3 aromatic heterocycles. The number of rotatable bonds is 4. The van der Waals surface area contributed by atoms with E-state index in [9.17, 15) is 4.39 Å². The molecule has 0 aliphatic carbocycles. The second kappa shape index (κ2) is 8.17. The van der Waals surface area contributed by atoms with Crippen molar-refractivity contribution in [3.8, 4) is 34.8 Å². The highest BCUT2D eigenvalue weighted by Gasteiger charge is 2.19. The first-order valence-corrected chi connectivity index (χ1v) is 9.42. The van der Waals surface area contributed by atoms with Crippen LogP contribution in [0.15, 0.2) is 42.6 Å². The third-order valence-corrected chi connectivity index (χ3v) is 4.38. The lowest BCUT2D eigenvalue weighted by atomic mass is 10.2. The van der Waals surface area contributed by atoms with Gasteiger partial charge in [0, 0.05) is 18.1 Å². The average molecular weight is 402 g/mol. The summed E-state index contributed by atoms with van der Waals surface area (Å²) in [6.45, 7) is 2.05. The van der Waals surface area contributed by atoms with Crippen molar-refractivity contribution in [2.24, 2.45) is 0 Å². The van der Waals surface area contributed by atoms with Gasteiger partial charge in [0.1, 0.15) is 11.6 Å². The Bertz CT molecular complexity index is 1270. The predicted molar refractivity (Wildman–Crippen MR) is 113 cm³/mol. The van der Waals surface area contributed by atoms with E-state index in [4.69, 9.17) is 10.5 Å². The van der Waals surface area contributed by atoms with Crippen molar-refractivity contribution in [3.63, 3.8) is 0 Å². The van der Waals surface area contributed by atoms with Crippen molar-refractivity contribution in [1.29, 1.82) is 0 Å². The maximum absolute atomic E-state index is 13.9. The molecule has 0 saturated carbocycles. The lowest BCUT2D eigenvalue weighted by molar-refractivity contribution is 0.398. The summed E-state index contributed by atoms with van der Waals surface area (Å²) in [5.41, 5.74) is 8.29. The molecule has 4 rings (SSSR count). The number of aromatic nitrogens is 5. The van der Waals surface area contributed by atoms with Gasteiger partial charge < -0.3 is 10.5 Å². The van der Waals surface area contributed by atoms with Crippen molar-refractivity contribution < 1.29 is 9.13 Å². The predicted octanol–water partition coefficient (Wildman–Crippen LogP) is 3.76. The van der Waals surface area contributed by atoms with Gasteiger partial charge in [-0.2, -0.15) is 0 Å². The minimum absolute atomic E-state index is 0.207. The molecule has 0 atom stereocenters. The SMILES string of the molecule is CCCC#Cc1nc(N)c2nc(-c3cccc(F)c3)n(-c3ccc(OC)nc3)c2n1. The number of nitrogens with zero attached hydrogens (tertiary/aromatic N) is 5. The van der Waals surface area contributed by atoms with Gasteiger partial charge in [0.2, 0.25) is 11.7 Å². The van der Waals surface area contributed by atoms with Gasteiger partial charge >= 0.3 is 0 Å². The molecule has 1 aromatic carbocycles. The standard InChI is InChI=1S/C22H19FN6O/c1-3-4-5-9-17-26-20(24)19-22(27-17)29(16-10-11-18(30-2)25-13-16)21(28-19)14-7-6-8-15(23)12-14/h6-8,10-13H,3-4H2,1-2H3,(H2,24,26,27). The van der Waals surface area contributed by atoms with E-state index in [0.29, 0.717) is 39.9 Å². The summed E-state index contributed by atoms with van der Waals surface area (Å²) in [4.78, 5) is 17.7. The number of ether oxygens (including phenoxy) is 1. The second-order valence-corrected chi connectivity index (χ2v) is 6.50. The molecule has 0 bridgehead atoms. The number of unbranched alkanes of at least 4 members (excludes halogenated alkanes) is 1. The molecule has 7 nitrogen and oxygen atoms in total. The molecular weight excluding hydrogens is 383 g/mol. The third-order valence-electron chi connectivity index (χ3n) is 4.38. The summed E-state index contributed by atoms with van der Waals surface area (Å²) >= 11 is 0. The summed E-state index contributed by atoms with van der Waals surface area (Å²) in [6, 6.07) is 9.71. The summed E-state index contributed by atoms with van der Waals surface area (Å²) in [7, 11) is 1.54. The zero-order valence-electron chi connectivity index (χ0n) is 16.6.